The summed E-state index contributed by atoms with van der Waals surface area (Å²) in [6, 6.07) is 12.8. The summed E-state index contributed by atoms with van der Waals surface area (Å²) in [4.78, 5) is 23.1. The van der Waals surface area contributed by atoms with E-state index in [1.165, 1.54) is 18.3 Å². The van der Waals surface area contributed by atoms with Gasteiger partial charge in [-0.25, -0.2) is 10.2 Å². The molecule has 166 valence electrons. The summed E-state index contributed by atoms with van der Waals surface area (Å²) in [6.45, 7) is 0.305. The summed E-state index contributed by atoms with van der Waals surface area (Å²) in [5, 5.41) is 14.1. The molecule has 1 amide bonds. The zero-order chi connectivity index (χ0) is 23.1. The highest BCUT2D eigenvalue weighted by Crippen LogP contribution is 2.28. The van der Waals surface area contributed by atoms with Crippen LogP contribution in [0.3, 0.4) is 0 Å². The third kappa shape index (κ3) is 6.50. The maximum absolute atomic E-state index is 11.9. The van der Waals surface area contributed by atoms with Gasteiger partial charge in [0.05, 0.1) is 28.4 Å². The van der Waals surface area contributed by atoms with E-state index in [1.54, 1.807) is 36.4 Å². The van der Waals surface area contributed by atoms with Gasteiger partial charge in [0, 0.05) is 17.0 Å². The van der Waals surface area contributed by atoms with Crippen LogP contribution in [0.25, 0.3) is 11.3 Å². The molecule has 2 N–H and O–H groups in total. The maximum atomic E-state index is 11.9. The summed E-state index contributed by atoms with van der Waals surface area (Å²) in [6.07, 6.45) is 2.02. The van der Waals surface area contributed by atoms with Crippen molar-refractivity contribution in [2.45, 2.75) is 12.8 Å². The SMILES string of the molecule is O=C(CCCOc1ccc(Cl)cc1Cl)N/N=C\c1ccc(-c2ccc(Cl)c(C(=O)O)c2)o1. The number of carboxylic acid groups (broad SMARTS) is 1. The Bertz CT molecular complexity index is 1160. The maximum Gasteiger partial charge on any atom is 0.337 e. The van der Waals surface area contributed by atoms with Crippen molar-refractivity contribution in [2.75, 3.05) is 6.61 Å². The van der Waals surface area contributed by atoms with Gasteiger partial charge in [-0.15, -0.1) is 0 Å². The Hall–Kier alpha value is -3.00. The van der Waals surface area contributed by atoms with Gasteiger partial charge in [-0.2, -0.15) is 5.10 Å². The van der Waals surface area contributed by atoms with E-state index in [-0.39, 0.29) is 22.9 Å². The Balaban J connectivity index is 1.46. The molecule has 0 aliphatic heterocycles. The Labute approximate surface area is 198 Å². The van der Waals surface area contributed by atoms with Crippen molar-refractivity contribution in [3.8, 4) is 17.1 Å². The zero-order valence-corrected chi connectivity index (χ0v) is 18.7. The van der Waals surface area contributed by atoms with Crippen LogP contribution in [0.4, 0.5) is 0 Å². The first kappa shape index (κ1) is 23.7. The summed E-state index contributed by atoms with van der Waals surface area (Å²) in [5.41, 5.74) is 2.93. The third-order valence-electron chi connectivity index (χ3n) is 4.19. The molecule has 1 aromatic heterocycles. The number of benzene rings is 2. The highest BCUT2D eigenvalue weighted by atomic mass is 35.5. The first-order valence-corrected chi connectivity index (χ1v) is 10.5. The number of hydrogen-bond acceptors (Lipinski definition) is 5. The molecule has 0 radical (unpaired) electrons. The molecule has 10 heteroatoms. The average Bonchev–Trinajstić information content (AvgIpc) is 3.21. The molecule has 0 saturated carbocycles. The second kappa shape index (κ2) is 11.0. The summed E-state index contributed by atoms with van der Waals surface area (Å²) >= 11 is 17.7. The molecule has 7 nitrogen and oxygen atoms in total. The first-order valence-electron chi connectivity index (χ1n) is 9.36. The lowest BCUT2D eigenvalue weighted by molar-refractivity contribution is -0.121. The fourth-order valence-corrected chi connectivity index (χ4v) is 3.31. The molecule has 32 heavy (non-hydrogen) atoms. The molecule has 0 spiro atoms. The molecule has 0 aliphatic carbocycles. The third-order valence-corrected chi connectivity index (χ3v) is 5.05. The smallest absolute Gasteiger partial charge is 0.337 e. The highest BCUT2D eigenvalue weighted by molar-refractivity contribution is 6.35. The van der Waals surface area contributed by atoms with Gasteiger partial charge in [0.2, 0.25) is 5.91 Å². The first-order chi connectivity index (χ1) is 15.3. The Morgan fingerprint density at radius 1 is 1.06 bits per heavy atom. The topological polar surface area (TPSA) is 101 Å². The molecule has 0 aliphatic rings. The minimum absolute atomic E-state index is 0.0228. The number of rotatable bonds is 9. The van der Waals surface area contributed by atoms with Gasteiger partial charge >= 0.3 is 5.97 Å². The number of hydrazone groups is 1. The van der Waals surface area contributed by atoms with E-state index in [9.17, 15) is 14.7 Å². The lowest BCUT2D eigenvalue weighted by Gasteiger charge is -2.07. The minimum atomic E-state index is -1.13. The van der Waals surface area contributed by atoms with Crippen LogP contribution in [0, 0.1) is 0 Å². The monoisotopic (exact) mass is 494 g/mol. The molecule has 1 heterocycles. The summed E-state index contributed by atoms with van der Waals surface area (Å²) in [5.74, 6) is -0.0979. The van der Waals surface area contributed by atoms with E-state index in [4.69, 9.17) is 44.0 Å². The number of carbonyl (C=O) groups is 2. The fourth-order valence-electron chi connectivity index (χ4n) is 2.65. The predicted octanol–water partition coefficient (Wildman–Crippen LogP) is 5.91. The zero-order valence-electron chi connectivity index (χ0n) is 16.5. The van der Waals surface area contributed by atoms with Gasteiger partial charge in [0.15, 0.2) is 0 Å². The number of carboxylic acids is 1. The van der Waals surface area contributed by atoms with Crippen LogP contribution < -0.4 is 10.2 Å². The fraction of sp³-hybridized carbons (Fsp3) is 0.136. The molecule has 0 atom stereocenters. The van der Waals surface area contributed by atoms with Gasteiger partial charge < -0.3 is 14.3 Å². The van der Waals surface area contributed by atoms with Crippen LogP contribution >= 0.6 is 34.8 Å². The quantitative estimate of drug-likeness (QED) is 0.218. The number of halogens is 3. The lowest BCUT2D eigenvalue weighted by atomic mass is 10.1. The molecular weight excluding hydrogens is 479 g/mol. The number of hydrogen-bond donors (Lipinski definition) is 2. The largest absolute Gasteiger partial charge is 0.492 e. The van der Waals surface area contributed by atoms with E-state index < -0.39 is 5.97 Å². The molecule has 2 aromatic carbocycles. The van der Waals surface area contributed by atoms with Gasteiger partial charge in [0.1, 0.15) is 17.3 Å². The van der Waals surface area contributed by atoms with E-state index in [0.29, 0.717) is 45.9 Å². The van der Waals surface area contributed by atoms with Gasteiger partial charge in [0.25, 0.3) is 0 Å². The number of amides is 1. The second-order valence-electron chi connectivity index (χ2n) is 6.52. The van der Waals surface area contributed by atoms with Crippen molar-refractivity contribution in [3.63, 3.8) is 0 Å². The number of aromatic carboxylic acids is 1. The van der Waals surface area contributed by atoms with Crippen molar-refractivity contribution in [1.29, 1.82) is 0 Å². The van der Waals surface area contributed by atoms with Crippen molar-refractivity contribution in [1.82, 2.24) is 5.43 Å². The number of carbonyl (C=O) groups excluding carboxylic acids is 1. The predicted molar refractivity (Wildman–Crippen MR) is 123 cm³/mol. The number of furan rings is 1. The molecule has 0 bridgehead atoms. The summed E-state index contributed by atoms with van der Waals surface area (Å²) in [7, 11) is 0. The van der Waals surface area contributed by atoms with E-state index in [1.807, 2.05) is 0 Å². The van der Waals surface area contributed by atoms with Crippen LogP contribution in [0.15, 0.2) is 58.0 Å². The number of nitrogens with one attached hydrogen (secondary N) is 1. The molecule has 3 rings (SSSR count). The lowest BCUT2D eigenvalue weighted by Crippen LogP contribution is -2.18. The van der Waals surface area contributed by atoms with Gasteiger partial charge in [-0.05, 0) is 55.0 Å². The van der Waals surface area contributed by atoms with E-state index in [2.05, 4.69) is 10.5 Å². The van der Waals surface area contributed by atoms with Crippen LogP contribution in [-0.4, -0.2) is 29.8 Å². The van der Waals surface area contributed by atoms with Crippen LogP contribution in [0.1, 0.15) is 29.0 Å². The van der Waals surface area contributed by atoms with E-state index >= 15 is 0 Å². The van der Waals surface area contributed by atoms with Crippen LogP contribution in [0.5, 0.6) is 5.75 Å². The molecule has 0 unspecified atom stereocenters. The van der Waals surface area contributed by atoms with Crippen molar-refractivity contribution in [3.05, 3.63) is 74.9 Å². The van der Waals surface area contributed by atoms with Gasteiger partial charge in [-0.1, -0.05) is 34.8 Å². The normalized spacial score (nSPS) is 11.0. The minimum Gasteiger partial charge on any atom is -0.492 e. The average molecular weight is 496 g/mol. The molecular formula is C22H17Cl3N2O5. The second-order valence-corrected chi connectivity index (χ2v) is 7.77. The van der Waals surface area contributed by atoms with Crippen molar-refractivity contribution < 1.29 is 23.8 Å². The molecule has 0 fully saturated rings. The Morgan fingerprint density at radius 2 is 1.88 bits per heavy atom. The van der Waals surface area contributed by atoms with Crippen LogP contribution in [0.2, 0.25) is 15.1 Å². The summed E-state index contributed by atoms with van der Waals surface area (Å²) < 4.78 is 11.1. The van der Waals surface area contributed by atoms with Gasteiger partial charge in [-0.3, -0.25) is 4.79 Å². The molecule has 3 aromatic rings. The number of ether oxygens (including phenoxy) is 1. The van der Waals surface area contributed by atoms with Crippen LogP contribution in [-0.2, 0) is 4.79 Å². The highest BCUT2D eigenvalue weighted by Gasteiger charge is 2.12. The van der Waals surface area contributed by atoms with Crippen molar-refractivity contribution in [2.24, 2.45) is 5.10 Å². The Kier molecular flexibility index (Phi) is 8.16. The van der Waals surface area contributed by atoms with Crippen molar-refractivity contribution >= 4 is 52.9 Å². The van der Waals surface area contributed by atoms with E-state index in [0.717, 1.165) is 0 Å². The Morgan fingerprint density at radius 3 is 2.62 bits per heavy atom. The molecule has 0 saturated heterocycles. The standard InChI is InChI=1S/C22H17Cl3N2O5/c23-14-4-7-20(18(25)11-14)31-9-1-2-21(28)27-26-12-15-5-8-19(32-15)13-3-6-17(24)16(10-13)22(29)30/h3-8,10-12H,1-2,9H2,(H,27,28)(H,29,30)/b26-12-. The number of nitrogens with zero attached hydrogens (tertiary/aromatic N) is 1.